The Morgan fingerprint density at radius 3 is 1.80 bits per heavy atom. The minimum absolute atomic E-state index is 0. The molecule has 0 fully saturated rings. The second-order valence-electron chi connectivity index (χ2n) is 13.2. The number of hydrogen-bond donors (Lipinski definition) is 2. The second-order valence-corrected chi connectivity index (χ2v) is 17.9. The quantitative estimate of drug-likeness (QED) is 0.124. The van der Waals surface area contributed by atoms with Crippen LogP contribution in [0.3, 0.4) is 0 Å². The van der Waals surface area contributed by atoms with Gasteiger partial charge in [0.15, 0.2) is 8.32 Å². The van der Waals surface area contributed by atoms with Gasteiger partial charge in [0.05, 0.1) is 11.7 Å². The summed E-state index contributed by atoms with van der Waals surface area (Å²) in [5.41, 5.74) is 4.44. The first-order chi connectivity index (χ1) is 21.4. The van der Waals surface area contributed by atoms with Crippen molar-refractivity contribution in [3.63, 3.8) is 0 Å². The highest BCUT2D eigenvalue weighted by Crippen LogP contribution is 2.40. The molecule has 0 aliphatic heterocycles. The van der Waals surface area contributed by atoms with Gasteiger partial charge in [-0.15, -0.1) is 12.4 Å². The van der Waals surface area contributed by atoms with Crippen molar-refractivity contribution in [2.75, 3.05) is 6.54 Å². The van der Waals surface area contributed by atoms with Crippen LogP contribution < -0.4 is 14.8 Å². The van der Waals surface area contributed by atoms with E-state index in [4.69, 9.17) is 13.9 Å². The largest absolute Gasteiger partial charge is 0.489 e. The molecule has 4 aromatic carbocycles. The lowest BCUT2D eigenvalue weighted by Gasteiger charge is -2.40. The molecule has 246 valence electrons. The van der Waals surface area contributed by atoms with Crippen molar-refractivity contribution in [2.45, 2.75) is 77.6 Å². The maximum Gasteiger partial charge on any atom is 0.335 e. The fourth-order valence-corrected chi connectivity index (χ4v) is 6.04. The van der Waals surface area contributed by atoms with Gasteiger partial charge in [-0.05, 0) is 78.0 Å². The summed E-state index contributed by atoms with van der Waals surface area (Å²) in [6.07, 6.45) is 0.442. The summed E-state index contributed by atoms with van der Waals surface area (Å²) >= 11 is 0. The lowest BCUT2D eigenvalue weighted by molar-refractivity contribution is 0.0696. The monoisotopic (exact) mass is 661 g/mol. The fourth-order valence-electron chi connectivity index (χ4n) is 4.75. The zero-order valence-electron chi connectivity index (χ0n) is 27.8. The Bertz CT molecular complexity index is 1460. The molecule has 4 rings (SSSR count). The van der Waals surface area contributed by atoms with Crippen LogP contribution in [0.15, 0.2) is 103 Å². The van der Waals surface area contributed by atoms with Crippen LogP contribution in [0.4, 0.5) is 0 Å². The maximum atomic E-state index is 11.5. The molecule has 2 unspecified atom stereocenters. The second kappa shape index (κ2) is 16.8. The Hall–Kier alpha value is -3.62. The van der Waals surface area contributed by atoms with Crippen molar-refractivity contribution >= 4 is 26.7 Å². The number of hydrogen-bond acceptors (Lipinski definition) is 5. The number of halogens is 1. The molecular formula is C38H48ClNO5Si. The van der Waals surface area contributed by atoms with E-state index in [1.807, 2.05) is 48.5 Å². The molecule has 0 radical (unpaired) electrons. The topological polar surface area (TPSA) is 77.0 Å². The molecular weight excluding hydrogens is 614 g/mol. The summed E-state index contributed by atoms with van der Waals surface area (Å²) in [5, 5.41) is 13.1. The maximum absolute atomic E-state index is 11.5. The van der Waals surface area contributed by atoms with E-state index in [-0.39, 0.29) is 29.6 Å². The fraction of sp³-hybridized carbons (Fsp3) is 0.342. The first-order valence-electron chi connectivity index (χ1n) is 15.6. The van der Waals surface area contributed by atoms with Gasteiger partial charge in [0, 0.05) is 18.7 Å². The highest BCUT2D eigenvalue weighted by molar-refractivity contribution is 6.74. The van der Waals surface area contributed by atoms with Gasteiger partial charge in [-0.1, -0.05) is 93.6 Å². The van der Waals surface area contributed by atoms with Gasteiger partial charge in [-0.3, -0.25) is 0 Å². The lowest BCUT2D eigenvalue weighted by Crippen LogP contribution is -2.44. The molecule has 46 heavy (non-hydrogen) atoms. The molecule has 0 saturated heterocycles. The van der Waals surface area contributed by atoms with Gasteiger partial charge in [-0.2, -0.15) is 0 Å². The summed E-state index contributed by atoms with van der Waals surface area (Å²) < 4.78 is 19.7. The average molecular weight is 662 g/mol. The number of carbonyl (C=O) groups is 1. The highest BCUT2D eigenvalue weighted by Gasteiger charge is 2.39. The Labute approximate surface area is 281 Å². The van der Waals surface area contributed by atoms with E-state index in [0.717, 1.165) is 33.8 Å². The summed E-state index contributed by atoms with van der Waals surface area (Å²) in [4.78, 5) is 11.5. The Kier molecular flexibility index (Phi) is 13.5. The van der Waals surface area contributed by atoms with Crippen molar-refractivity contribution in [3.05, 3.63) is 131 Å². The van der Waals surface area contributed by atoms with E-state index in [0.29, 0.717) is 31.7 Å². The van der Waals surface area contributed by atoms with E-state index >= 15 is 0 Å². The van der Waals surface area contributed by atoms with Crippen LogP contribution in [-0.4, -0.2) is 32.0 Å². The van der Waals surface area contributed by atoms with Crippen LogP contribution in [0.2, 0.25) is 18.1 Å². The number of rotatable bonds is 15. The van der Waals surface area contributed by atoms with Crippen LogP contribution in [0, 0.1) is 0 Å². The van der Waals surface area contributed by atoms with Gasteiger partial charge in [-0.25, -0.2) is 4.79 Å². The molecule has 0 heterocycles. The highest BCUT2D eigenvalue weighted by atomic mass is 35.5. The molecule has 2 atom stereocenters. The van der Waals surface area contributed by atoms with Crippen molar-refractivity contribution in [2.24, 2.45) is 0 Å². The zero-order chi connectivity index (χ0) is 32.5. The summed E-state index contributed by atoms with van der Waals surface area (Å²) in [7, 11) is -2.18. The minimum atomic E-state index is -2.18. The van der Waals surface area contributed by atoms with E-state index in [1.54, 1.807) is 18.2 Å². The van der Waals surface area contributed by atoms with Gasteiger partial charge in [0.1, 0.15) is 24.7 Å². The molecule has 0 saturated carbocycles. The van der Waals surface area contributed by atoms with E-state index in [9.17, 15) is 9.90 Å². The van der Waals surface area contributed by atoms with Gasteiger partial charge in [0.25, 0.3) is 0 Å². The predicted molar refractivity (Wildman–Crippen MR) is 191 cm³/mol. The Morgan fingerprint density at radius 1 is 0.783 bits per heavy atom. The van der Waals surface area contributed by atoms with Gasteiger partial charge < -0.3 is 24.3 Å². The Balaban J connectivity index is 0.00000576. The van der Waals surface area contributed by atoms with Crippen molar-refractivity contribution < 1.29 is 23.8 Å². The van der Waals surface area contributed by atoms with Gasteiger partial charge >= 0.3 is 5.97 Å². The number of carboxylic acid groups (broad SMARTS) is 1. The molecule has 6 nitrogen and oxygen atoms in total. The summed E-state index contributed by atoms with van der Waals surface area (Å²) in [6, 6.07) is 33.6. The summed E-state index contributed by atoms with van der Waals surface area (Å²) in [5.74, 6) is 0.531. The molecule has 2 N–H and O–H groups in total. The molecule has 8 heteroatoms. The van der Waals surface area contributed by atoms with Crippen LogP contribution in [-0.2, 0) is 24.1 Å². The standard InChI is InChI=1S/C38H47NO5Si.ClH/c1-28(20-31-18-13-19-32(21-31)37(40)41)39-25-36(44-45(5,6)38(2,3)4)33-22-34(42-26-29-14-9-7-10-15-29)24-35(23-33)43-27-30-16-11-8-12-17-30;/h7-19,21-24,28,36,39H,20,25-27H2,1-6H3,(H,40,41);1H. The molecule has 0 aliphatic carbocycles. The van der Waals surface area contributed by atoms with E-state index < -0.39 is 14.3 Å². The number of nitrogens with one attached hydrogen (secondary N) is 1. The number of carboxylic acids is 1. The van der Waals surface area contributed by atoms with Crippen molar-refractivity contribution in [1.29, 1.82) is 0 Å². The third-order valence-electron chi connectivity index (χ3n) is 8.38. The van der Waals surface area contributed by atoms with Gasteiger partial charge in [0.2, 0.25) is 0 Å². The van der Waals surface area contributed by atoms with Crippen LogP contribution >= 0.6 is 12.4 Å². The molecule has 0 aromatic heterocycles. The Morgan fingerprint density at radius 2 is 1.30 bits per heavy atom. The number of benzene rings is 4. The average Bonchev–Trinajstić information content (AvgIpc) is 3.01. The smallest absolute Gasteiger partial charge is 0.335 e. The third-order valence-corrected chi connectivity index (χ3v) is 12.9. The number of ether oxygens (including phenoxy) is 2. The zero-order valence-corrected chi connectivity index (χ0v) is 29.6. The van der Waals surface area contributed by atoms with Crippen molar-refractivity contribution in [1.82, 2.24) is 5.32 Å². The minimum Gasteiger partial charge on any atom is -0.489 e. The molecule has 4 aromatic rings. The molecule has 0 bridgehead atoms. The SMILES string of the molecule is CC(Cc1cccc(C(=O)O)c1)NCC(O[Si](C)(C)C(C)(C)C)c1cc(OCc2ccccc2)cc(OCc2ccccc2)c1.Cl. The van der Waals surface area contributed by atoms with Crippen molar-refractivity contribution in [3.8, 4) is 11.5 Å². The van der Waals surface area contributed by atoms with E-state index in [2.05, 4.69) is 82.5 Å². The third kappa shape index (κ3) is 11.0. The number of aromatic carboxylic acids is 1. The first-order valence-corrected chi connectivity index (χ1v) is 18.5. The molecule has 0 spiro atoms. The van der Waals surface area contributed by atoms with Crippen LogP contribution in [0.1, 0.15) is 66.4 Å². The molecule has 0 aliphatic rings. The normalized spacial score (nSPS) is 12.9. The predicted octanol–water partition coefficient (Wildman–Crippen LogP) is 9.25. The molecule has 0 amide bonds. The van der Waals surface area contributed by atoms with Crippen LogP contribution in [0.25, 0.3) is 0 Å². The van der Waals surface area contributed by atoms with Crippen LogP contribution in [0.5, 0.6) is 11.5 Å². The lowest BCUT2D eigenvalue weighted by atomic mass is 10.0. The van der Waals surface area contributed by atoms with E-state index in [1.165, 1.54) is 0 Å². The summed E-state index contributed by atoms with van der Waals surface area (Å²) in [6.45, 7) is 14.9. The first kappa shape index (κ1) is 36.8.